The summed E-state index contributed by atoms with van der Waals surface area (Å²) in [6.45, 7) is 1.67. The fourth-order valence-electron chi connectivity index (χ4n) is 2.56. The fraction of sp³-hybridized carbons (Fsp3) is 0.909. The van der Waals surface area contributed by atoms with Crippen molar-refractivity contribution in [3.63, 3.8) is 0 Å². The second kappa shape index (κ2) is 5.02. The minimum Gasteiger partial charge on any atom is -0.480 e. The maximum absolute atomic E-state index is 12.2. The maximum Gasteiger partial charge on any atom is 0.321 e. The molecular weight excluding hydrogens is 276 g/mol. The molecule has 104 valence electrons. The van der Waals surface area contributed by atoms with Crippen LogP contribution in [0.3, 0.4) is 0 Å². The largest absolute Gasteiger partial charge is 0.480 e. The lowest BCUT2D eigenvalue weighted by molar-refractivity contribution is -0.136. The van der Waals surface area contributed by atoms with Gasteiger partial charge < -0.3 is 9.84 Å². The molecule has 0 bridgehead atoms. The van der Waals surface area contributed by atoms with Crippen molar-refractivity contribution in [2.45, 2.75) is 42.3 Å². The second-order valence-electron chi connectivity index (χ2n) is 5.02. The summed E-state index contributed by atoms with van der Waals surface area (Å²) >= 11 is 1.77. The van der Waals surface area contributed by atoms with Gasteiger partial charge in [0.1, 0.15) is 0 Å². The summed E-state index contributed by atoms with van der Waals surface area (Å²) in [6.07, 6.45) is 1.72. The van der Waals surface area contributed by atoms with Crippen LogP contribution in [-0.2, 0) is 19.4 Å². The van der Waals surface area contributed by atoms with Gasteiger partial charge in [-0.15, -0.1) is 0 Å². The van der Waals surface area contributed by atoms with E-state index >= 15 is 0 Å². The first-order valence-electron chi connectivity index (χ1n) is 6.05. The first-order valence-corrected chi connectivity index (χ1v) is 8.81. The number of aliphatic carboxylic acids is 1. The lowest BCUT2D eigenvalue weighted by atomic mass is 9.93. The monoisotopic (exact) mass is 294 g/mol. The van der Waals surface area contributed by atoms with Crippen molar-refractivity contribution in [1.82, 2.24) is 0 Å². The molecule has 2 rings (SSSR count). The van der Waals surface area contributed by atoms with Gasteiger partial charge in [-0.2, -0.15) is 11.8 Å². The quantitative estimate of drug-likeness (QED) is 0.834. The van der Waals surface area contributed by atoms with Gasteiger partial charge in [-0.25, -0.2) is 8.42 Å². The zero-order chi connectivity index (χ0) is 13.4. The van der Waals surface area contributed by atoms with E-state index < -0.39 is 26.3 Å². The van der Waals surface area contributed by atoms with Crippen LogP contribution in [0.1, 0.15) is 26.2 Å². The van der Waals surface area contributed by atoms with E-state index in [0.29, 0.717) is 19.4 Å². The summed E-state index contributed by atoms with van der Waals surface area (Å²) in [5.74, 6) is 0.540. The van der Waals surface area contributed by atoms with Gasteiger partial charge in [0.05, 0.1) is 10.9 Å². The van der Waals surface area contributed by atoms with Crippen LogP contribution in [0, 0.1) is 0 Å². The van der Waals surface area contributed by atoms with Gasteiger partial charge in [-0.3, -0.25) is 4.79 Å². The highest BCUT2D eigenvalue weighted by Crippen LogP contribution is 2.40. The normalized spacial score (nSPS) is 34.6. The van der Waals surface area contributed by atoms with Gasteiger partial charge in [0.2, 0.25) is 0 Å². The standard InChI is InChI=1S/C11H18O5S2/c1-8(10(12)13)18(14,15)9-2-4-16-11(6-9)3-5-17-7-11/h8-9H,2-7H2,1H3,(H,12,13). The number of rotatable bonds is 3. The van der Waals surface area contributed by atoms with E-state index in [-0.39, 0.29) is 5.60 Å². The third-order valence-corrected chi connectivity index (χ3v) is 7.56. The molecule has 0 aliphatic carbocycles. The highest BCUT2D eigenvalue weighted by molar-refractivity contribution is 7.99. The van der Waals surface area contributed by atoms with E-state index in [9.17, 15) is 13.2 Å². The van der Waals surface area contributed by atoms with Crippen molar-refractivity contribution in [2.75, 3.05) is 18.1 Å². The molecule has 1 spiro atoms. The number of ether oxygens (including phenoxy) is 1. The van der Waals surface area contributed by atoms with Crippen molar-refractivity contribution in [3.05, 3.63) is 0 Å². The Labute approximate surface area is 111 Å². The molecule has 5 nitrogen and oxygen atoms in total. The maximum atomic E-state index is 12.2. The first kappa shape index (κ1) is 14.1. The van der Waals surface area contributed by atoms with Crippen molar-refractivity contribution < 1.29 is 23.1 Å². The van der Waals surface area contributed by atoms with Gasteiger partial charge in [-0.05, 0) is 31.9 Å². The molecule has 1 N–H and O–H groups in total. The van der Waals surface area contributed by atoms with E-state index in [1.807, 2.05) is 0 Å². The number of carboxylic acid groups (broad SMARTS) is 1. The van der Waals surface area contributed by atoms with Crippen LogP contribution < -0.4 is 0 Å². The Kier molecular flexibility index (Phi) is 3.94. The molecule has 0 aromatic carbocycles. The molecule has 3 unspecified atom stereocenters. The Morgan fingerprint density at radius 1 is 1.56 bits per heavy atom. The van der Waals surface area contributed by atoms with Crippen molar-refractivity contribution in [2.24, 2.45) is 0 Å². The average molecular weight is 294 g/mol. The smallest absolute Gasteiger partial charge is 0.321 e. The Morgan fingerprint density at radius 2 is 2.28 bits per heavy atom. The molecule has 2 saturated heterocycles. The van der Waals surface area contributed by atoms with E-state index in [2.05, 4.69) is 0 Å². The lowest BCUT2D eigenvalue weighted by Crippen LogP contribution is -2.47. The highest BCUT2D eigenvalue weighted by atomic mass is 32.2. The number of hydrogen-bond donors (Lipinski definition) is 1. The average Bonchev–Trinajstić information content (AvgIpc) is 2.76. The van der Waals surface area contributed by atoms with Gasteiger partial charge in [0.25, 0.3) is 0 Å². The SMILES string of the molecule is CC(C(=O)O)S(=O)(=O)C1CCOC2(CCSC2)C1. The molecule has 18 heavy (non-hydrogen) atoms. The molecule has 3 atom stereocenters. The third kappa shape index (κ3) is 2.53. The highest BCUT2D eigenvalue weighted by Gasteiger charge is 2.46. The topological polar surface area (TPSA) is 80.7 Å². The van der Waals surface area contributed by atoms with Crippen molar-refractivity contribution in [3.8, 4) is 0 Å². The zero-order valence-electron chi connectivity index (χ0n) is 10.3. The van der Waals surface area contributed by atoms with E-state index in [0.717, 1.165) is 17.9 Å². The zero-order valence-corrected chi connectivity index (χ0v) is 11.9. The minimum absolute atomic E-state index is 0.334. The summed E-state index contributed by atoms with van der Waals surface area (Å²) in [5, 5.41) is 6.99. The number of hydrogen-bond acceptors (Lipinski definition) is 5. The molecule has 0 amide bonds. The van der Waals surface area contributed by atoms with Crippen LogP contribution >= 0.6 is 11.8 Å². The molecule has 0 aromatic heterocycles. The fourth-order valence-corrected chi connectivity index (χ4v) is 5.75. The summed E-state index contributed by atoms with van der Waals surface area (Å²) in [6, 6.07) is 0. The lowest BCUT2D eigenvalue weighted by Gasteiger charge is -2.37. The van der Waals surface area contributed by atoms with E-state index in [1.54, 1.807) is 11.8 Å². The predicted octanol–water partition coefficient (Wildman–Crippen LogP) is 0.929. The van der Waals surface area contributed by atoms with E-state index in [1.165, 1.54) is 6.92 Å². The van der Waals surface area contributed by atoms with Crippen LogP contribution in [0.5, 0.6) is 0 Å². The molecular formula is C11H18O5S2. The second-order valence-corrected chi connectivity index (χ2v) is 8.68. The molecule has 0 aromatic rings. The van der Waals surface area contributed by atoms with E-state index in [4.69, 9.17) is 9.84 Å². The molecule has 2 fully saturated rings. The van der Waals surface area contributed by atoms with Crippen LogP contribution in [0.15, 0.2) is 0 Å². The van der Waals surface area contributed by atoms with Crippen molar-refractivity contribution in [1.29, 1.82) is 0 Å². The summed E-state index contributed by atoms with van der Waals surface area (Å²) in [5.41, 5.74) is -0.334. The van der Waals surface area contributed by atoms with Crippen LogP contribution in [0.2, 0.25) is 0 Å². The van der Waals surface area contributed by atoms with Gasteiger partial charge in [0.15, 0.2) is 15.1 Å². The molecule has 2 heterocycles. The third-order valence-electron chi connectivity index (χ3n) is 3.82. The molecule has 2 aliphatic rings. The number of carbonyl (C=O) groups is 1. The van der Waals surface area contributed by atoms with Crippen molar-refractivity contribution >= 4 is 27.6 Å². The Bertz CT molecular complexity index is 425. The van der Waals surface area contributed by atoms with Crippen LogP contribution in [0.25, 0.3) is 0 Å². The summed E-state index contributed by atoms with van der Waals surface area (Å²) in [4.78, 5) is 10.9. The minimum atomic E-state index is -3.61. The summed E-state index contributed by atoms with van der Waals surface area (Å²) in [7, 11) is -3.61. The Hall–Kier alpha value is -0.270. The number of thioether (sulfide) groups is 1. The van der Waals surface area contributed by atoms with Crippen LogP contribution in [0.4, 0.5) is 0 Å². The van der Waals surface area contributed by atoms with Gasteiger partial charge in [-0.1, -0.05) is 0 Å². The Morgan fingerprint density at radius 3 is 2.83 bits per heavy atom. The van der Waals surface area contributed by atoms with Crippen LogP contribution in [-0.4, -0.2) is 53.7 Å². The predicted molar refractivity (Wildman–Crippen MR) is 69.7 cm³/mol. The molecule has 0 saturated carbocycles. The number of sulfone groups is 1. The Balaban J connectivity index is 2.16. The molecule has 0 radical (unpaired) electrons. The molecule has 2 aliphatic heterocycles. The number of carboxylic acids is 1. The van der Waals surface area contributed by atoms with Gasteiger partial charge in [0, 0.05) is 12.4 Å². The first-order chi connectivity index (χ1) is 8.37. The van der Waals surface area contributed by atoms with Gasteiger partial charge >= 0.3 is 5.97 Å². The summed E-state index contributed by atoms with van der Waals surface area (Å²) < 4.78 is 30.2. The molecule has 7 heteroatoms.